The van der Waals surface area contributed by atoms with E-state index in [1.807, 2.05) is 0 Å². The fourth-order valence-corrected chi connectivity index (χ4v) is 1.68. The first-order chi connectivity index (χ1) is 10.1. The van der Waals surface area contributed by atoms with Crippen molar-refractivity contribution in [3.05, 3.63) is 36.4 Å². The van der Waals surface area contributed by atoms with Gasteiger partial charge in [0.15, 0.2) is 0 Å². The number of hydrogen-bond donors (Lipinski definition) is 4. The number of rotatable bonds is 6. The van der Waals surface area contributed by atoms with Gasteiger partial charge in [0.25, 0.3) is 0 Å². The molecule has 6 N–H and O–H groups in total. The standard InChI is InChI=1S/C12H16N6O3/c13-9(1-7-3-15-5-17-7)11(19)21-12(20)10(14)2-8-4-16-6-18-8/h3-6,9-10H,1-2,13-14H2,(H,15,17)(H,16,18)/t9-,10-/m0/s1. The molecule has 0 unspecified atom stereocenters. The molecule has 0 saturated heterocycles. The molecule has 0 radical (unpaired) electrons. The lowest BCUT2D eigenvalue weighted by Crippen LogP contribution is -2.41. The predicted octanol–water partition coefficient (Wildman–Crippen LogP) is -1.36. The van der Waals surface area contributed by atoms with E-state index >= 15 is 0 Å². The summed E-state index contributed by atoms with van der Waals surface area (Å²) in [4.78, 5) is 36.6. The number of carbonyl (C=O) groups excluding carboxylic acids is 2. The molecule has 0 spiro atoms. The molecule has 0 aliphatic rings. The van der Waals surface area contributed by atoms with E-state index < -0.39 is 24.0 Å². The highest BCUT2D eigenvalue weighted by molar-refractivity contribution is 5.90. The molecule has 0 amide bonds. The van der Waals surface area contributed by atoms with Gasteiger partial charge in [0.05, 0.1) is 12.7 Å². The quantitative estimate of drug-likeness (QED) is 0.379. The molecule has 112 valence electrons. The van der Waals surface area contributed by atoms with Crippen LogP contribution in [0.15, 0.2) is 25.0 Å². The van der Waals surface area contributed by atoms with E-state index in [1.165, 1.54) is 12.7 Å². The number of carbonyl (C=O) groups is 2. The van der Waals surface area contributed by atoms with Gasteiger partial charge in [0, 0.05) is 36.6 Å². The number of ether oxygens (including phenoxy) is 1. The number of imidazole rings is 2. The maximum Gasteiger partial charge on any atom is 0.330 e. The first kappa shape index (κ1) is 14.9. The van der Waals surface area contributed by atoms with Gasteiger partial charge < -0.3 is 26.2 Å². The van der Waals surface area contributed by atoms with Gasteiger partial charge in [0.1, 0.15) is 12.1 Å². The average Bonchev–Trinajstić information content (AvgIpc) is 3.11. The Morgan fingerprint density at radius 3 is 1.76 bits per heavy atom. The van der Waals surface area contributed by atoms with Crippen LogP contribution in [-0.4, -0.2) is 44.0 Å². The Labute approximate surface area is 120 Å². The lowest BCUT2D eigenvalue weighted by Gasteiger charge is -2.12. The Kier molecular flexibility index (Phi) is 4.80. The van der Waals surface area contributed by atoms with Gasteiger partial charge in [-0.25, -0.2) is 19.6 Å². The van der Waals surface area contributed by atoms with E-state index in [-0.39, 0.29) is 12.8 Å². The van der Waals surface area contributed by atoms with Crippen molar-refractivity contribution in [3.8, 4) is 0 Å². The second-order valence-corrected chi connectivity index (χ2v) is 4.52. The van der Waals surface area contributed by atoms with E-state index in [9.17, 15) is 9.59 Å². The summed E-state index contributed by atoms with van der Waals surface area (Å²) in [7, 11) is 0. The number of aromatic nitrogens is 4. The number of nitrogens with one attached hydrogen (secondary N) is 2. The SMILES string of the molecule is N[C@@H](Cc1cnc[nH]1)C(=O)OC(=O)[C@@H](N)Cc1cnc[nH]1. The molecule has 2 rings (SSSR count). The van der Waals surface area contributed by atoms with E-state index in [4.69, 9.17) is 11.5 Å². The molecule has 9 heteroatoms. The number of aromatic amines is 2. The van der Waals surface area contributed by atoms with Crippen LogP contribution in [0, 0.1) is 0 Å². The van der Waals surface area contributed by atoms with Gasteiger partial charge in [0.2, 0.25) is 0 Å². The Balaban J connectivity index is 1.82. The van der Waals surface area contributed by atoms with Crippen LogP contribution in [0.2, 0.25) is 0 Å². The Hall–Kier alpha value is -2.52. The van der Waals surface area contributed by atoms with Crippen LogP contribution in [-0.2, 0) is 27.2 Å². The normalized spacial score (nSPS) is 13.6. The van der Waals surface area contributed by atoms with Crippen LogP contribution in [0.3, 0.4) is 0 Å². The minimum atomic E-state index is -0.964. The molecule has 0 aromatic carbocycles. The van der Waals surface area contributed by atoms with Crippen molar-refractivity contribution in [2.24, 2.45) is 11.5 Å². The van der Waals surface area contributed by atoms with Gasteiger partial charge in [-0.3, -0.25) is 0 Å². The summed E-state index contributed by atoms with van der Waals surface area (Å²) in [6, 6.07) is -1.93. The predicted molar refractivity (Wildman–Crippen MR) is 71.6 cm³/mol. The van der Waals surface area contributed by atoms with Crippen LogP contribution < -0.4 is 11.5 Å². The van der Waals surface area contributed by atoms with Crippen molar-refractivity contribution in [2.45, 2.75) is 24.9 Å². The largest absolute Gasteiger partial charge is 0.391 e. The summed E-state index contributed by atoms with van der Waals surface area (Å²) in [6.45, 7) is 0. The van der Waals surface area contributed by atoms with Gasteiger partial charge in [-0.2, -0.15) is 0 Å². The van der Waals surface area contributed by atoms with Gasteiger partial charge >= 0.3 is 11.9 Å². The highest BCUT2D eigenvalue weighted by Crippen LogP contribution is 2.02. The zero-order chi connectivity index (χ0) is 15.2. The van der Waals surface area contributed by atoms with Crippen molar-refractivity contribution in [2.75, 3.05) is 0 Å². The third-order valence-corrected chi connectivity index (χ3v) is 2.80. The smallest absolute Gasteiger partial charge is 0.330 e. The summed E-state index contributed by atoms with van der Waals surface area (Å²) in [5.41, 5.74) is 12.7. The fourth-order valence-electron chi connectivity index (χ4n) is 1.68. The van der Waals surface area contributed by atoms with Gasteiger partial charge in [-0.15, -0.1) is 0 Å². The van der Waals surface area contributed by atoms with Crippen molar-refractivity contribution in [1.29, 1.82) is 0 Å². The summed E-state index contributed by atoms with van der Waals surface area (Å²) >= 11 is 0. The molecule has 0 bridgehead atoms. The Bertz CT molecular complexity index is 528. The topological polar surface area (TPSA) is 153 Å². The lowest BCUT2D eigenvalue weighted by atomic mass is 10.1. The zero-order valence-electron chi connectivity index (χ0n) is 11.2. The van der Waals surface area contributed by atoms with Crippen molar-refractivity contribution >= 4 is 11.9 Å². The first-order valence-corrected chi connectivity index (χ1v) is 6.27. The van der Waals surface area contributed by atoms with E-state index in [1.54, 1.807) is 12.4 Å². The van der Waals surface area contributed by atoms with Gasteiger partial charge in [-0.05, 0) is 0 Å². The summed E-state index contributed by atoms with van der Waals surface area (Å²) in [5, 5.41) is 0. The molecule has 0 saturated carbocycles. The molecule has 21 heavy (non-hydrogen) atoms. The monoisotopic (exact) mass is 292 g/mol. The van der Waals surface area contributed by atoms with Crippen LogP contribution >= 0.6 is 0 Å². The second kappa shape index (κ2) is 6.77. The zero-order valence-corrected chi connectivity index (χ0v) is 11.2. The lowest BCUT2D eigenvalue weighted by molar-refractivity contribution is -0.161. The van der Waals surface area contributed by atoms with Crippen molar-refractivity contribution in [1.82, 2.24) is 19.9 Å². The first-order valence-electron chi connectivity index (χ1n) is 6.27. The highest BCUT2D eigenvalue weighted by atomic mass is 16.6. The van der Waals surface area contributed by atoms with Gasteiger partial charge in [-0.1, -0.05) is 0 Å². The van der Waals surface area contributed by atoms with Crippen molar-refractivity contribution < 1.29 is 14.3 Å². The average molecular weight is 292 g/mol. The summed E-state index contributed by atoms with van der Waals surface area (Å²) in [6.07, 6.45) is 6.42. The molecule has 0 aliphatic carbocycles. The van der Waals surface area contributed by atoms with Crippen molar-refractivity contribution in [3.63, 3.8) is 0 Å². The van der Waals surface area contributed by atoms with E-state index in [2.05, 4.69) is 24.7 Å². The molecule has 9 nitrogen and oxygen atoms in total. The third-order valence-electron chi connectivity index (χ3n) is 2.80. The van der Waals surface area contributed by atoms with Crippen LogP contribution in [0.1, 0.15) is 11.4 Å². The fraction of sp³-hybridized carbons (Fsp3) is 0.333. The highest BCUT2D eigenvalue weighted by Gasteiger charge is 2.24. The number of nitrogens with zero attached hydrogens (tertiary/aromatic N) is 2. The third kappa shape index (κ3) is 4.23. The van der Waals surface area contributed by atoms with E-state index in [0.29, 0.717) is 11.4 Å². The maximum absolute atomic E-state index is 11.7. The minimum absolute atomic E-state index is 0.196. The van der Waals surface area contributed by atoms with Crippen LogP contribution in [0.4, 0.5) is 0 Å². The maximum atomic E-state index is 11.7. The molecule has 0 fully saturated rings. The van der Waals surface area contributed by atoms with E-state index in [0.717, 1.165) is 0 Å². The van der Waals surface area contributed by atoms with Crippen LogP contribution in [0.5, 0.6) is 0 Å². The van der Waals surface area contributed by atoms with Crippen LogP contribution in [0.25, 0.3) is 0 Å². The molecular formula is C12H16N6O3. The number of H-pyrrole nitrogens is 2. The Morgan fingerprint density at radius 1 is 1.00 bits per heavy atom. The molecule has 0 aliphatic heterocycles. The number of hydrogen-bond acceptors (Lipinski definition) is 7. The molecule has 2 heterocycles. The number of esters is 2. The molecule has 2 aromatic rings. The Morgan fingerprint density at radius 2 is 1.43 bits per heavy atom. The number of nitrogens with two attached hydrogens (primary N) is 2. The molecule has 2 aromatic heterocycles. The summed E-state index contributed by atoms with van der Waals surface area (Å²) < 4.78 is 4.68. The molecular weight excluding hydrogens is 276 g/mol. The molecule has 2 atom stereocenters. The minimum Gasteiger partial charge on any atom is -0.391 e. The summed E-state index contributed by atoms with van der Waals surface area (Å²) in [5.74, 6) is -1.65. The second-order valence-electron chi connectivity index (χ2n) is 4.52.